The Kier molecular flexibility index (Phi) is 6.82. The Labute approximate surface area is 127 Å². The van der Waals surface area contributed by atoms with Crippen molar-refractivity contribution in [3.63, 3.8) is 0 Å². The molecule has 0 bridgehead atoms. The second kappa shape index (κ2) is 8.13. The lowest BCUT2D eigenvalue weighted by atomic mass is 10.2. The first-order valence-electron chi connectivity index (χ1n) is 7.00. The van der Waals surface area contributed by atoms with Crippen molar-refractivity contribution in [1.82, 2.24) is 10.2 Å². The summed E-state index contributed by atoms with van der Waals surface area (Å²) in [6, 6.07) is 8.48. The summed E-state index contributed by atoms with van der Waals surface area (Å²) in [5.41, 5.74) is 0.462. The molecule has 0 atom stereocenters. The summed E-state index contributed by atoms with van der Waals surface area (Å²) in [4.78, 5) is 2.46. The lowest BCUT2D eigenvalue weighted by molar-refractivity contribution is 0.274. The van der Waals surface area contributed by atoms with Crippen LogP contribution < -0.4 is 5.32 Å². The van der Waals surface area contributed by atoms with Gasteiger partial charge in [0, 0.05) is 25.7 Å². The Morgan fingerprint density at radius 3 is 2.38 bits per heavy atom. The van der Waals surface area contributed by atoms with Gasteiger partial charge in [-0.25, -0.2) is 8.42 Å². The standard InChI is InChI=1S/C15H23N3O2S/c1-13(2)18(3)10-8-17-9-11-21(19,20)15-6-4-14(12-16)5-7-15/h4-7,13,17H,8-11H2,1-3H3. The van der Waals surface area contributed by atoms with Gasteiger partial charge in [0.2, 0.25) is 0 Å². The predicted molar refractivity (Wildman–Crippen MR) is 83.8 cm³/mol. The number of hydrogen-bond donors (Lipinski definition) is 1. The van der Waals surface area contributed by atoms with E-state index in [9.17, 15) is 8.42 Å². The molecule has 0 saturated heterocycles. The quantitative estimate of drug-likeness (QED) is 0.732. The van der Waals surface area contributed by atoms with Gasteiger partial charge in [0.05, 0.1) is 22.3 Å². The minimum atomic E-state index is -3.29. The Bertz CT molecular complexity index is 574. The van der Waals surface area contributed by atoms with Gasteiger partial charge in [0.1, 0.15) is 0 Å². The smallest absolute Gasteiger partial charge is 0.179 e. The van der Waals surface area contributed by atoms with E-state index in [1.54, 1.807) is 0 Å². The Morgan fingerprint density at radius 2 is 1.86 bits per heavy atom. The first-order chi connectivity index (χ1) is 9.86. The van der Waals surface area contributed by atoms with E-state index < -0.39 is 9.84 Å². The van der Waals surface area contributed by atoms with Crippen LogP contribution >= 0.6 is 0 Å². The third-order valence-electron chi connectivity index (χ3n) is 3.41. The molecule has 0 spiro atoms. The van der Waals surface area contributed by atoms with Gasteiger partial charge in [-0.05, 0) is 45.2 Å². The fourth-order valence-electron chi connectivity index (χ4n) is 1.70. The number of benzene rings is 1. The summed E-state index contributed by atoms with van der Waals surface area (Å²) in [5, 5.41) is 11.8. The molecule has 1 rings (SSSR count). The average Bonchev–Trinajstić information content (AvgIpc) is 2.46. The summed E-state index contributed by atoms with van der Waals surface area (Å²) in [6.07, 6.45) is 0. The van der Waals surface area contributed by atoms with Gasteiger partial charge in [0.15, 0.2) is 9.84 Å². The number of sulfone groups is 1. The highest BCUT2D eigenvalue weighted by molar-refractivity contribution is 7.91. The van der Waals surface area contributed by atoms with E-state index in [1.807, 2.05) is 13.1 Å². The van der Waals surface area contributed by atoms with Crippen molar-refractivity contribution in [3.8, 4) is 6.07 Å². The summed E-state index contributed by atoms with van der Waals surface area (Å²) in [7, 11) is -1.25. The first-order valence-corrected chi connectivity index (χ1v) is 8.66. The fourth-order valence-corrected chi connectivity index (χ4v) is 2.90. The molecule has 21 heavy (non-hydrogen) atoms. The van der Waals surface area contributed by atoms with Gasteiger partial charge in [-0.3, -0.25) is 0 Å². The van der Waals surface area contributed by atoms with Crippen LogP contribution in [0.25, 0.3) is 0 Å². The maximum absolute atomic E-state index is 12.1. The highest BCUT2D eigenvalue weighted by Crippen LogP contribution is 2.11. The Hall–Kier alpha value is -1.42. The molecule has 1 aromatic carbocycles. The highest BCUT2D eigenvalue weighted by atomic mass is 32.2. The zero-order valence-electron chi connectivity index (χ0n) is 12.8. The van der Waals surface area contributed by atoms with E-state index in [0.29, 0.717) is 18.2 Å². The van der Waals surface area contributed by atoms with Crippen molar-refractivity contribution in [2.24, 2.45) is 0 Å². The van der Waals surface area contributed by atoms with Crippen molar-refractivity contribution < 1.29 is 8.42 Å². The maximum atomic E-state index is 12.1. The van der Waals surface area contributed by atoms with Crippen LogP contribution in [0.2, 0.25) is 0 Å². The van der Waals surface area contributed by atoms with E-state index in [2.05, 4.69) is 24.1 Å². The van der Waals surface area contributed by atoms with Crippen LogP contribution in [-0.2, 0) is 9.84 Å². The topological polar surface area (TPSA) is 73.2 Å². The molecule has 5 nitrogen and oxygen atoms in total. The number of nitrogens with zero attached hydrogens (tertiary/aromatic N) is 2. The van der Waals surface area contributed by atoms with Crippen LogP contribution in [0.4, 0.5) is 0 Å². The minimum absolute atomic E-state index is 0.0598. The van der Waals surface area contributed by atoms with Gasteiger partial charge < -0.3 is 10.2 Å². The molecule has 0 aliphatic rings. The van der Waals surface area contributed by atoms with E-state index >= 15 is 0 Å². The fraction of sp³-hybridized carbons (Fsp3) is 0.533. The lowest BCUT2D eigenvalue weighted by Gasteiger charge is -2.20. The van der Waals surface area contributed by atoms with Crippen LogP contribution in [0.15, 0.2) is 29.2 Å². The predicted octanol–water partition coefficient (Wildman–Crippen LogP) is 1.26. The van der Waals surface area contributed by atoms with Crippen molar-refractivity contribution in [3.05, 3.63) is 29.8 Å². The first kappa shape index (κ1) is 17.6. The lowest BCUT2D eigenvalue weighted by Crippen LogP contribution is -2.35. The Morgan fingerprint density at radius 1 is 1.24 bits per heavy atom. The third kappa shape index (κ3) is 5.84. The summed E-state index contributed by atoms with van der Waals surface area (Å²) >= 11 is 0. The summed E-state index contributed by atoms with van der Waals surface area (Å²) in [5.74, 6) is 0.0598. The van der Waals surface area contributed by atoms with Gasteiger partial charge >= 0.3 is 0 Å². The molecule has 0 fully saturated rings. The van der Waals surface area contributed by atoms with E-state index in [4.69, 9.17) is 5.26 Å². The zero-order chi connectivity index (χ0) is 15.9. The molecule has 116 valence electrons. The van der Waals surface area contributed by atoms with E-state index in [-0.39, 0.29) is 10.6 Å². The molecule has 0 aromatic heterocycles. The van der Waals surface area contributed by atoms with E-state index in [0.717, 1.165) is 13.1 Å². The molecular weight excluding hydrogens is 286 g/mol. The molecule has 0 saturated carbocycles. The molecule has 1 aromatic rings. The third-order valence-corrected chi connectivity index (χ3v) is 5.14. The molecular formula is C15H23N3O2S. The van der Waals surface area contributed by atoms with Crippen LogP contribution in [0, 0.1) is 11.3 Å². The van der Waals surface area contributed by atoms with Gasteiger partial charge in [0.25, 0.3) is 0 Å². The minimum Gasteiger partial charge on any atom is -0.314 e. The molecule has 1 N–H and O–H groups in total. The summed E-state index contributed by atoms with van der Waals surface area (Å²) in [6.45, 7) is 6.31. The molecule has 6 heteroatoms. The molecule has 0 unspecified atom stereocenters. The molecule has 0 radical (unpaired) electrons. The number of nitrogens with one attached hydrogen (secondary N) is 1. The van der Waals surface area contributed by atoms with Crippen LogP contribution in [0.3, 0.4) is 0 Å². The summed E-state index contributed by atoms with van der Waals surface area (Å²) < 4.78 is 24.2. The highest BCUT2D eigenvalue weighted by Gasteiger charge is 2.13. The number of rotatable bonds is 8. The molecule has 0 heterocycles. The molecule has 0 aliphatic heterocycles. The number of nitriles is 1. The average molecular weight is 309 g/mol. The maximum Gasteiger partial charge on any atom is 0.179 e. The molecule has 0 amide bonds. The van der Waals surface area contributed by atoms with E-state index in [1.165, 1.54) is 24.3 Å². The van der Waals surface area contributed by atoms with Crippen LogP contribution in [0.1, 0.15) is 19.4 Å². The van der Waals surface area contributed by atoms with Crippen molar-refractivity contribution in [2.75, 3.05) is 32.4 Å². The van der Waals surface area contributed by atoms with Crippen LogP contribution in [0.5, 0.6) is 0 Å². The normalized spacial score (nSPS) is 11.8. The van der Waals surface area contributed by atoms with Crippen molar-refractivity contribution in [2.45, 2.75) is 24.8 Å². The van der Waals surface area contributed by atoms with Gasteiger partial charge in [-0.2, -0.15) is 5.26 Å². The largest absolute Gasteiger partial charge is 0.314 e. The van der Waals surface area contributed by atoms with Gasteiger partial charge in [-0.1, -0.05) is 0 Å². The monoisotopic (exact) mass is 309 g/mol. The van der Waals surface area contributed by atoms with Crippen LogP contribution in [-0.4, -0.2) is 51.8 Å². The zero-order valence-corrected chi connectivity index (χ0v) is 13.7. The SMILES string of the molecule is CC(C)N(C)CCNCCS(=O)(=O)c1ccc(C#N)cc1. The van der Waals surface area contributed by atoms with Gasteiger partial charge in [-0.15, -0.1) is 0 Å². The number of likely N-dealkylation sites (N-methyl/N-ethyl adjacent to an activating group) is 1. The molecule has 0 aliphatic carbocycles. The second-order valence-electron chi connectivity index (χ2n) is 5.28. The van der Waals surface area contributed by atoms with Crippen molar-refractivity contribution in [1.29, 1.82) is 5.26 Å². The second-order valence-corrected chi connectivity index (χ2v) is 7.39. The Balaban J connectivity index is 2.41. The van der Waals surface area contributed by atoms with Crippen molar-refractivity contribution >= 4 is 9.84 Å². The number of hydrogen-bond acceptors (Lipinski definition) is 5.